The van der Waals surface area contributed by atoms with Gasteiger partial charge in [-0.3, -0.25) is 19.4 Å². The summed E-state index contributed by atoms with van der Waals surface area (Å²) < 4.78 is 0. The van der Waals surface area contributed by atoms with Crippen molar-refractivity contribution in [2.45, 2.75) is 26.2 Å². The van der Waals surface area contributed by atoms with Crippen molar-refractivity contribution in [2.24, 2.45) is 0 Å². The zero-order valence-corrected chi connectivity index (χ0v) is 17.6. The molecule has 8 nitrogen and oxygen atoms in total. The molecule has 2 aromatic carbocycles. The number of H-pyrrole nitrogens is 1. The molecule has 0 saturated heterocycles. The first-order chi connectivity index (χ1) is 14.8. The van der Waals surface area contributed by atoms with E-state index in [2.05, 4.69) is 25.9 Å². The third-order valence-corrected chi connectivity index (χ3v) is 5.40. The van der Waals surface area contributed by atoms with E-state index >= 15 is 0 Å². The average molecular weight is 438 g/mol. The number of rotatable bonds is 4. The molecule has 1 aliphatic heterocycles. The maximum atomic E-state index is 12.9. The number of carbonyl (C=O) groups is 2. The topological polar surface area (TPSA) is 116 Å². The maximum absolute atomic E-state index is 12.9. The minimum absolute atomic E-state index is 0.0664. The van der Waals surface area contributed by atoms with Gasteiger partial charge in [-0.1, -0.05) is 17.7 Å². The van der Waals surface area contributed by atoms with Crippen LogP contribution in [-0.2, 0) is 9.59 Å². The molecule has 0 radical (unpaired) electrons. The van der Waals surface area contributed by atoms with E-state index in [-0.39, 0.29) is 29.7 Å². The molecule has 4 rings (SSSR count). The standard InChI is InChI=1S/C22H20ClN5O3/c1-11-3-6-15(9-12(11)2)24-20(30)16-10-17(29)26-19-18(16)21(31)28-22(27-19)25-14-7-4-13(23)5-8-14/h3-9,16H,10H2,1-2H3,(H,24,30)(H3,25,26,27,28,29,31)/t16-/m1/s1. The van der Waals surface area contributed by atoms with Crippen LogP contribution in [0.4, 0.5) is 23.1 Å². The summed E-state index contributed by atoms with van der Waals surface area (Å²) in [4.78, 5) is 44.9. The van der Waals surface area contributed by atoms with Crippen molar-refractivity contribution in [3.8, 4) is 0 Å². The smallest absolute Gasteiger partial charge is 0.258 e. The molecule has 0 fully saturated rings. The number of halogens is 1. The Hall–Kier alpha value is -3.65. The predicted octanol–water partition coefficient (Wildman–Crippen LogP) is 3.85. The lowest BCUT2D eigenvalue weighted by Crippen LogP contribution is -2.36. The van der Waals surface area contributed by atoms with Crippen LogP contribution >= 0.6 is 11.6 Å². The molecule has 2 heterocycles. The summed E-state index contributed by atoms with van der Waals surface area (Å²) in [5, 5.41) is 8.92. The Morgan fingerprint density at radius 3 is 2.48 bits per heavy atom. The quantitative estimate of drug-likeness (QED) is 0.494. The second-order valence-electron chi connectivity index (χ2n) is 7.40. The Kier molecular flexibility index (Phi) is 5.48. The van der Waals surface area contributed by atoms with Crippen LogP contribution in [0.3, 0.4) is 0 Å². The van der Waals surface area contributed by atoms with Crippen LogP contribution < -0.4 is 21.5 Å². The third kappa shape index (κ3) is 4.44. The first-order valence-electron chi connectivity index (χ1n) is 9.65. The second-order valence-corrected chi connectivity index (χ2v) is 7.84. The monoisotopic (exact) mass is 437 g/mol. The number of nitrogens with one attached hydrogen (secondary N) is 4. The zero-order valence-electron chi connectivity index (χ0n) is 16.9. The van der Waals surface area contributed by atoms with Crippen LogP contribution in [0.5, 0.6) is 0 Å². The van der Waals surface area contributed by atoms with E-state index in [0.29, 0.717) is 16.4 Å². The van der Waals surface area contributed by atoms with Gasteiger partial charge in [0.25, 0.3) is 5.56 Å². The first kappa shape index (κ1) is 20.6. The molecule has 1 aromatic heterocycles. The van der Waals surface area contributed by atoms with Crippen LogP contribution in [-0.4, -0.2) is 21.8 Å². The van der Waals surface area contributed by atoms with Crippen molar-refractivity contribution < 1.29 is 9.59 Å². The fraction of sp³-hybridized carbons (Fsp3) is 0.182. The summed E-state index contributed by atoms with van der Waals surface area (Å²) in [5.74, 6) is -1.57. The number of nitrogens with zero attached hydrogens (tertiary/aromatic N) is 1. The number of aromatic nitrogens is 2. The summed E-state index contributed by atoms with van der Waals surface area (Å²) in [6.07, 6.45) is -0.140. The lowest BCUT2D eigenvalue weighted by atomic mass is 9.92. The van der Waals surface area contributed by atoms with Gasteiger partial charge in [-0.2, -0.15) is 4.98 Å². The lowest BCUT2D eigenvalue weighted by Gasteiger charge is -2.23. The van der Waals surface area contributed by atoms with Crippen molar-refractivity contribution in [1.82, 2.24) is 9.97 Å². The predicted molar refractivity (Wildman–Crippen MR) is 120 cm³/mol. The molecule has 2 amide bonds. The summed E-state index contributed by atoms with van der Waals surface area (Å²) in [7, 11) is 0. The zero-order chi connectivity index (χ0) is 22.1. The highest BCUT2D eigenvalue weighted by Crippen LogP contribution is 2.30. The fourth-order valence-electron chi connectivity index (χ4n) is 3.37. The highest BCUT2D eigenvalue weighted by molar-refractivity contribution is 6.30. The summed E-state index contributed by atoms with van der Waals surface area (Å²) in [5.41, 5.74) is 3.01. The summed E-state index contributed by atoms with van der Waals surface area (Å²) in [6, 6.07) is 12.4. The van der Waals surface area contributed by atoms with Gasteiger partial charge in [-0.05, 0) is 61.4 Å². The van der Waals surface area contributed by atoms with Crippen LogP contribution in [0, 0.1) is 13.8 Å². The van der Waals surface area contributed by atoms with Crippen molar-refractivity contribution in [3.63, 3.8) is 0 Å². The van der Waals surface area contributed by atoms with Gasteiger partial charge in [-0.15, -0.1) is 0 Å². The number of carbonyl (C=O) groups excluding carboxylic acids is 2. The van der Waals surface area contributed by atoms with Crippen LogP contribution in [0.25, 0.3) is 0 Å². The Balaban J connectivity index is 1.63. The molecule has 158 valence electrons. The number of fused-ring (bicyclic) bond motifs is 1. The maximum Gasteiger partial charge on any atom is 0.258 e. The van der Waals surface area contributed by atoms with E-state index < -0.39 is 17.4 Å². The Morgan fingerprint density at radius 2 is 1.77 bits per heavy atom. The van der Waals surface area contributed by atoms with Gasteiger partial charge >= 0.3 is 0 Å². The Morgan fingerprint density at radius 1 is 1.06 bits per heavy atom. The fourth-order valence-corrected chi connectivity index (χ4v) is 3.50. The number of benzene rings is 2. The number of aryl methyl sites for hydroxylation is 2. The Labute approximate surface area is 183 Å². The molecule has 0 unspecified atom stereocenters. The van der Waals surface area contributed by atoms with E-state index in [9.17, 15) is 14.4 Å². The molecule has 0 spiro atoms. The minimum Gasteiger partial charge on any atom is -0.326 e. The van der Waals surface area contributed by atoms with Crippen molar-refractivity contribution in [1.29, 1.82) is 0 Å². The molecule has 0 aliphatic carbocycles. The van der Waals surface area contributed by atoms with Gasteiger partial charge in [0.15, 0.2) is 0 Å². The molecule has 1 aliphatic rings. The normalized spacial score (nSPS) is 15.1. The van der Waals surface area contributed by atoms with Gasteiger partial charge in [0.1, 0.15) is 5.82 Å². The van der Waals surface area contributed by atoms with Crippen LogP contribution in [0.15, 0.2) is 47.3 Å². The van der Waals surface area contributed by atoms with Crippen molar-refractivity contribution in [3.05, 3.63) is 74.5 Å². The van der Waals surface area contributed by atoms with E-state index in [1.807, 2.05) is 26.0 Å². The number of anilines is 4. The molecular weight excluding hydrogens is 418 g/mol. The number of hydrogen-bond donors (Lipinski definition) is 4. The highest BCUT2D eigenvalue weighted by Gasteiger charge is 2.34. The van der Waals surface area contributed by atoms with Crippen LogP contribution in [0.2, 0.25) is 5.02 Å². The van der Waals surface area contributed by atoms with E-state index in [4.69, 9.17) is 11.6 Å². The van der Waals surface area contributed by atoms with Crippen LogP contribution in [0.1, 0.15) is 29.0 Å². The SMILES string of the molecule is Cc1ccc(NC(=O)[C@@H]2CC(=O)Nc3nc(Nc4ccc(Cl)cc4)[nH]c(=O)c32)cc1C. The van der Waals surface area contributed by atoms with Gasteiger partial charge in [0.05, 0.1) is 11.5 Å². The highest BCUT2D eigenvalue weighted by atomic mass is 35.5. The molecule has 0 saturated carbocycles. The molecule has 4 N–H and O–H groups in total. The van der Waals surface area contributed by atoms with E-state index in [1.165, 1.54) is 0 Å². The molecule has 9 heteroatoms. The van der Waals surface area contributed by atoms with Gasteiger partial charge in [0.2, 0.25) is 17.8 Å². The van der Waals surface area contributed by atoms with E-state index in [1.54, 1.807) is 30.3 Å². The van der Waals surface area contributed by atoms with Gasteiger partial charge in [0, 0.05) is 22.8 Å². The molecular formula is C22H20ClN5O3. The number of hydrogen-bond acceptors (Lipinski definition) is 5. The average Bonchev–Trinajstić information content (AvgIpc) is 2.71. The summed E-state index contributed by atoms with van der Waals surface area (Å²) in [6.45, 7) is 3.92. The lowest BCUT2D eigenvalue weighted by molar-refractivity contribution is -0.123. The largest absolute Gasteiger partial charge is 0.326 e. The van der Waals surface area contributed by atoms with Gasteiger partial charge < -0.3 is 16.0 Å². The second kappa shape index (κ2) is 8.23. The van der Waals surface area contributed by atoms with Crippen molar-refractivity contribution in [2.75, 3.05) is 16.0 Å². The third-order valence-electron chi connectivity index (χ3n) is 5.15. The molecule has 31 heavy (non-hydrogen) atoms. The van der Waals surface area contributed by atoms with E-state index in [0.717, 1.165) is 11.1 Å². The first-order valence-corrected chi connectivity index (χ1v) is 10.0. The van der Waals surface area contributed by atoms with Gasteiger partial charge in [-0.25, -0.2) is 0 Å². The molecule has 3 aromatic rings. The number of amides is 2. The summed E-state index contributed by atoms with van der Waals surface area (Å²) >= 11 is 5.88. The van der Waals surface area contributed by atoms with Crippen molar-refractivity contribution >= 4 is 46.6 Å². The molecule has 0 bridgehead atoms. The minimum atomic E-state index is -0.953. The number of aromatic amines is 1. The Bertz CT molecular complexity index is 1240. The molecule has 1 atom stereocenters.